The highest BCUT2D eigenvalue weighted by Gasteiger charge is 2.33. The van der Waals surface area contributed by atoms with Crippen molar-refractivity contribution < 1.29 is 27.5 Å². The third kappa shape index (κ3) is 9.15. The highest BCUT2D eigenvalue weighted by molar-refractivity contribution is 7.98. The number of thioether (sulfide) groups is 1. The fourth-order valence-corrected chi connectivity index (χ4v) is 6.37. The fourth-order valence-electron chi connectivity index (χ4n) is 4.55. The molecule has 238 valence electrons. The van der Waals surface area contributed by atoms with Crippen LogP contribution in [0.1, 0.15) is 39.7 Å². The van der Waals surface area contributed by atoms with Crippen LogP contribution in [0.25, 0.3) is 0 Å². The summed E-state index contributed by atoms with van der Waals surface area (Å²) in [4.78, 5) is 30.0. The monoisotopic (exact) mass is 641 g/mol. The van der Waals surface area contributed by atoms with E-state index >= 15 is 0 Å². The fraction of sp³-hybridized carbons (Fsp3) is 0.394. The summed E-state index contributed by atoms with van der Waals surface area (Å²) < 4.78 is 40.1. The molecule has 0 radical (unpaired) electrons. The Kier molecular flexibility index (Phi) is 13.0. The van der Waals surface area contributed by atoms with Gasteiger partial charge in [-0.25, -0.2) is 8.42 Å². The van der Waals surface area contributed by atoms with Crippen LogP contribution in [0.4, 0.5) is 5.69 Å². The number of nitrogens with zero attached hydrogens (tertiary/aromatic N) is 2. The molecule has 0 bridgehead atoms. The molecule has 11 heteroatoms. The lowest BCUT2D eigenvalue weighted by Gasteiger charge is -2.33. The van der Waals surface area contributed by atoms with E-state index in [1.807, 2.05) is 46.1 Å². The first-order chi connectivity index (χ1) is 21.0. The molecule has 3 aromatic carbocycles. The number of nitrogens with one attached hydrogen (secondary N) is 1. The first-order valence-electron chi connectivity index (χ1n) is 14.6. The molecule has 0 fully saturated rings. The molecule has 44 heavy (non-hydrogen) atoms. The quantitative estimate of drug-likeness (QED) is 0.203. The van der Waals surface area contributed by atoms with Crippen molar-refractivity contribution in [1.29, 1.82) is 0 Å². The summed E-state index contributed by atoms with van der Waals surface area (Å²) in [6.07, 6.45) is 2.26. The van der Waals surface area contributed by atoms with Crippen molar-refractivity contribution in [3.05, 3.63) is 78.4 Å². The lowest BCUT2D eigenvalue weighted by atomic mass is 10.1. The number of hydrogen-bond donors (Lipinski definition) is 1. The van der Waals surface area contributed by atoms with Gasteiger partial charge in [-0.3, -0.25) is 13.9 Å². The van der Waals surface area contributed by atoms with Gasteiger partial charge in [0.2, 0.25) is 11.8 Å². The van der Waals surface area contributed by atoms with Crippen LogP contribution >= 0.6 is 11.8 Å². The predicted octanol–water partition coefficient (Wildman–Crippen LogP) is 5.59. The molecule has 9 nitrogen and oxygen atoms in total. The average Bonchev–Trinajstić information content (AvgIpc) is 3.03. The number of carbonyl (C=O) groups is 2. The number of anilines is 1. The van der Waals surface area contributed by atoms with E-state index in [1.165, 1.54) is 28.8 Å². The number of ether oxygens (including phenoxy) is 2. The van der Waals surface area contributed by atoms with Crippen molar-refractivity contribution in [1.82, 2.24) is 10.2 Å². The van der Waals surface area contributed by atoms with Gasteiger partial charge in [0.15, 0.2) is 0 Å². The molecule has 0 aliphatic heterocycles. The second-order valence-electron chi connectivity index (χ2n) is 10.5. The minimum absolute atomic E-state index is 0.0559. The number of sulfonamides is 1. The number of amides is 2. The van der Waals surface area contributed by atoms with Gasteiger partial charge in [0.25, 0.3) is 10.0 Å². The maximum atomic E-state index is 14.2. The summed E-state index contributed by atoms with van der Waals surface area (Å²) in [5.74, 6) is 0.670. The molecule has 3 rings (SSSR count). The van der Waals surface area contributed by atoms with Gasteiger partial charge in [-0.15, -0.1) is 11.8 Å². The van der Waals surface area contributed by atoms with Crippen molar-refractivity contribution in [2.24, 2.45) is 5.92 Å². The van der Waals surface area contributed by atoms with E-state index in [9.17, 15) is 18.0 Å². The maximum absolute atomic E-state index is 14.2. The predicted molar refractivity (Wildman–Crippen MR) is 176 cm³/mol. The third-order valence-electron chi connectivity index (χ3n) is 6.94. The number of carbonyl (C=O) groups excluding carboxylic acids is 2. The second-order valence-corrected chi connectivity index (χ2v) is 13.3. The lowest BCUT2D eigenvalue weighted by molar-refractivity contribution is -0.140. The minimum atomic E-state index is -4.17. The maximum Gasteiger partial charge on any atom is 0.264 e. The molecule has 3 aromatic rings. The standard InChI is InChI=1S/C33H43N3O6S2/c1-7-31(33(38)34-21-24(3)4)35(22-25-9-13-27(41-5)14-10-25)32(37)23-36(26-11-15-28(16-12-26)42-8-2)44(39,40)30-19-17-29(43-6)18-20-30/h9-20,24,31H,7-8,21-23H2,1-6H3,(H,34,38). The summed E-state index contributed by atoms with van der Waals surface area (Å²) >= 11 is 1.50. The Labute approximate surface area is 266 Å². The van der Waals surface area contributed by atoms with Crippen LogP contribution in [0.5, 0.6) is 11.5 Å². The zero-order valence-electron chi connectivity index (χ0n) is 26.3. The van der Waals surface area contributed by atoms with E-state index in [1.54, 1.807) is 55.6 Å². The van der Waals surface area contributed by atoms with Crippen molar-refractivity contribution in [3.8, 4) is 11.5 Å². The third-order valence-corrected chi connectivity index (χ3v) is 9.48. The highest BCUT2D eigenvalue weighted by Crippen LogP contribution is 2.28. The van der Waals surface area contributed by atoms with Gasteiger partial charge in [0, 0.05) is 18.0 Å². The van der Waals surface area contributed by atoms with Crippen LogP contribution in [-0.2, 0) is 26.2 Å². The van der Waals surface area contributed by atoms with E-state index in [4.69, 9.17) is 9.47 Å². The van der Waals surface area contributed by atoms with E-state index < -0.39 is 28.5 Å². The van der Waals surface area contributed by atoms with Crippen LogP contribution in [0, 0.1) is 5.92 Å². The van der Waals surface area contributed by atoms with Crippen LogP contribution < -0.4 is 19.1 Å². The lowest BCUT2D eigenvalue weighted by Crippen LogP contribution is -2.52. The Morgan fingerprint density at radius 2 is 1.52 bits per heavy atom. The number of methoxy groups -OCH3 is 1. The Hall–Kier alpha value is -3.70. The molecule has 1 unspecified atom stereocenters. The minimum Gasteiger partial charge on any atom is -0.497 e. The van der Waals surface area contributed by atoms with Crippen molar-refractivity contribution >= 4 is 39.3 Å². The number of rotatable bonds is 16. The Morgan fingerprint density at radius 1 is 0.909 bits per heavy atom. The number of hydrogen-bond acceptors (Lipinski definition) is 7. The molecule has 0 saturated heterocycles. The van der Waals surface area contributed by atoms with Crippen LogP contribution in [0.15, 0.2) is 82.6 Å². The van der Waals surface area contributed by atoms with Gasteiger partial charge < -0.3 is 19.7 Å². The van der Waals surface area contributed by atoms with E-state index in [0.29, 0.717) is 36.8 Å². The topological polar surface area (TPSA) is 105 Å². The average molecular weight is 642 g/mol. The summed E-state index contributed by atoms with van der Waals surface area (Å²) in [7, 11) is -2.60. The second kappa shape index (κ2) is 16.4. The van der Waals surface area contributed by atoms with Crippen LogP contribution in [-0.4, -0.2) is 64.2 Å². The molecular weight excluding hydrogens is 599 g/mol. The van der Waals surface area contributed by atoms with Gasteiger partial charge in [-0.2, -0.15) is 0 Å². The summed E-state index contributed by atoms with van der Waals surface area (Å²) in [5.41, 5.74) is 1.08. The van der Waals surface area contributed by atoms with E-state index in [2.05, 4.69) is 5.32 Å². The van der Waals surface area contributed by atoms with Gasteiger partial charge in [0.05, 0.1) is 24.3 Å². The molecule has 0 heterocycles. The van der Waals surface area contributed by atoms with Crippen LogP contribution in [0.2, 0.25) is 0 Å². The van der Waals surface area contributed by atoms with Gasteiger partial charge in [-0.05, 0) is 91.7 Å². The molecular formula is C33H43N3O6S2. The van der Waals surface area contributed by atoms with Crippen LogP contribution in [0.3, 0.4) is 0 Å². The zero-order chi connectivity index (χ0) is 32.3. The Balaban J connectivity index is 2.05. The zero-order valence-corrected chi connectivity index (χ0v) is 27.9. The summed E-state index contributed by atoms with van der Waals surface area (Å²) in [6, 6.07) is 19.5. The van der Waals surface area contributed by atoms with Crippen molar-refractivity contribution in [3.63, 3.8) is 0 Å². The first-order valence-corrected chi connectivity index (χ1v) is 17.3. The molecule has 0 aliphatic rings. The Morgan fingerprint density at radius 3 is 2.05 bits per heavy atom. The molecule has 0 spiro atoms. The Bertz CT molecular complexity index is 1460. The summed E-state index contributed by atoms with van der Waals surface area (Å²) in [6.45, 7) is 8.20. The van der Waals surface area contributed by atoms with E-state index in [0.717, 1.165) is 14.8 Å². The first kappa shape index (κ1) is 34.8. The van der Waals surface area contributed by atoms with Gasteiger partial charge in [0.1, 0.15) is 24.1 Å². The SMILES string of the molecule is CCOc1ccc(N(CC(=O)N(Cc2ccc(OC)cc2)C(CC)C(=O)NCC(C)C)S(=O)(=O)c2ccc(SC)cc2)cc1. The molecule has 0 aliphatic carbocycles. The van der Waals surface area contributed by atoms with Crippen molar-refractivity contribution in [2.75, 3.05) is 37.4 Å². The van der Waals surface area contributed by atoms with Gasteiger partial charge >= 0.3 is 0 Å². The number of benzene rings is 3. The van der Waals surface area contributed by atoms with Crippen molar-refractivity contribution in [2.45, 2.75) is 56.5 Å². The smallest absolute Gasteiger partial charge is 0.264 e. The highest BCUT2D eigenvalue weighted by atomic mass is 32.2. The molecule has 1 N–H and O–H groups in total. The molecule has 0 saturated carbocycles. The van der Waals surface area contributed by atoms with Gasteiger partial charge in [-0.1, -0.05) is 32.9 Å². The summed E-state index contributed by atoms with van der Waals surface area (Å²) in [5, 5.41) is 2.94. The molecule has 2 amide bonds. The molecule has 1 atom stereocenters. The normalized spacial score (nSPS) is 12.0. The molecule has 0 aromatic heterocycles. The van der Waals surface area contributed by atoms with E-state index in [-0.39, 0.29) is 23.3 Å². The largest absolute Gasteiger partial charge is 0.497 e.